The quantitative estimate of drug-likeness (QED) is 0.457. The number of nitrogens with zero attached hydrogens (tertiary/aromatic N) is 4. The minimum atomic E-state index is -0.496. The fraction of sp³-hybridized carbons (Fsp3) is 0.211. The van der Waals surface area contributed by atoms with Crippen molar-refractivity contribution < 1.29 is 14.1 Å². The Kier molecular flexibility index (Phi) is 4.79. The Labute approximate surface area is 164 Å². The highest BCUT2D eigenvalue weighted by Gasteiger charge is 2.34. The standard InChI is InChI=1S/C19H15ClN4O4/c20-14-5-1-12(2-6-14)18-22-21-17(28-18)11-23(15-9-10-15)19(25)13-3-7-16(8-4-13)24(26)27/h1-8,15H,9-11H2. The van der Waals surface area contributed by atoms with Gasteiger partial charge >= 0.3 is 0 Å². The molecule has 0 unspecified atom stereocenters. The molecule has 2 aromatic carbocycles. The normalized spacial score (nSPS) is 13.3. The second-order valence-corrected chi connectivity index (χ2v) is 6.91. The van der Waals surface area contributed by atoms with Gasteiger partial charge in [-0.15, -0.1) is 10.2 Å². The lowest BCUT2D eigenvalue weighted by Crippen LogP contribution is -2.32. The third-order valence-corrected chi connectivity index (χ3v) is 4.69. The SMILES string of the molecule is O=C(c1ccc([N+](=O)[O-])cc1)N(Cc1nnc(-c2ccc(Cl)cc2)o1)C1CC1. The minimum Gasteiger partial charge on any atom is -0.419 e. The molecule has 0 N–H and O–H groups in total. The largest absolute Gasteiger partial charge is 0.419 e. The van der Waals surface area contributed by atoms with Gasteiger partial charge in [-0.05, 0) is 49.2 Å². The maximum Gasteiger partial charge on any atom is 0.269 e. The van der Waals surface area contributed by atoms with E-state index in [4.69, 9.17) is 16.0 Å². The van der Waals surface area contributed by atoms with Crippen LogP contribution in [-0.4, -0.2) is 32.0 Å². The summed E-state index contributed by atoms with van der Waals surface area (Å²) in [4.78, 5) is 24.8. The van der Waals surface area contributed by atoms with E-state index in [-0.39, 0.29) is 24.2 Å². The highest BCUT2D eigenvalue weighted by Crippen LogP contribution is 2.30. The van der Waals surface area contributed by atoms with Gasteiger partial charge in [-0.2, -0.15) is 0 Å². The fourth-order valence-corrected chi connectivity index (χ4v) is 2.94. The number of nitro benzene ring substituents is 1. The molecule has 1 aliphatic rings. The lowest BCUT2D eigenvalue weighted by atomic mass is 10.2. The van der Waals surface area contributed by atoms with E-state index in [0.717, 1.165) is 18.4 Å². The van der Waals surface area contributed by atoms with E-state index >= 15 is 0 Å². The van der Waals surface area contributed by atoms with Crippen LogP contribution in [0, 0.1) is 10.1 Å². The van der Waals surface area contributed by atoms with Crippen molar-refractivity contribution in [2.24, 2.45) is 0 Å². The first-order valence-electron chi connectivity index (χ1n) is 8.65. The van der Waals surface area contributed by atoms with Crippen LogP contribution in [0.1, 0.15) is 29.1 Å². The Bertz CT molecular complexity index is 1010. The predicted octanol–water partition coefficient (Wildman–Crippen LogP) is 4.10. The molecule has 1 amide bonds. The molecule has 1 aromatic heterocycles. The highest BCUT2D eigenvalue weighted by atomic mass is 35.5. The molecule has 1 heterocycles. The van der Waals surface area contributed by atoms with Crippen molar-refractivity contribution in [2.45, 2.75) is 25.4 Å². The number of aromatic nitrogens is 2. The number of amides is 1. The van der Waals surface area contributed by atoms with E-state index in [9.17, 15) is 14.9 Å². The Morgan fingerprint density at radius 3 is 2.43 bits per heavy atom. The molecule has 0 saturated heterocycles. The molecule has 0 spiro atoms. The number of rotatable bonds is 6. The van der Waals surface area contributed by atoms with Crippen LogP contribution in [-0.2, 0) is 6.54 Å². The van der Waals surface area contributed by atoms with Crippen LogP contribution in [0.3, 0.4) is 0 Å². The van der Waals surface area contributed by atoms with Gasteiger partial charge in [0.05, 0.1) is 11.5 Å². The zero-order valence-corrected chi connectivity index (χ0v) is 15.4. The van der Waals surface area contributed by atoms with Gasteiger partial charge in [-0.1, -0.05) is 11.6 Å². The van der Waals surface area contributed by atoms with Crippen LogP contribution < -0.4 is 0 Å². The number of nitro groups is 1. The molecular formula is C19H15ClN4O4. The number of hydrogen-bond donors (Lipinski definition) is 0. The first-order valence-corrected chi connectivity index (χ1v) is 9.03. The molecule has 0 radical (unpaired) electrons. The number of carbonyl (C=O) groups excluding carboxylic acids is 1. The van der Waals surface area contributed by atoms with Crippen LogP contribution in [0.15, 0.2) is 52.9 Å². The zero-order valence-electron chi connectivity index (χ0n) is 14.6. The summed E-state index contributed by atoms with van der Waals surface area (Å²) in [6, 6.07) is 12.7. The Hall–Kier alpha value is -3.26. The average Bonchev–Trinajstić information content (AvgIpc) is 3.44. The summed E-state index contributed by atoms with van der Waals surface area (Å²) in [6.45, 7) is 0.182. The lowest BCUT2D eigenvalue weighted by molar-refractivity contribution is -0.384. The van der Waals surface area contributed by atoms with Crippen LogP contribution in [0.4, 0.5) is 5.69 Å². The van der Waals surface area contributed by atoms with Crippen molar-refractivity contribution in [3.05, 3.63) is 75.1 Å². The fourth-order valence-electron chi connectivity index (χ4n) is 2.82. The predicted molar refractivity (Wildman–Crippen MR) is 101 cm³/mol. The third kappa shape index (κ3) is 3.86. The molecule has 9 heteroatoms. The molecule has 1 saturated carbocycles. The van der Waals surface area contributed by atoms with Crippen molar-refractivity contribution >= 4 is 23.2 Å². The van der Waals surface area contributed by atoms with Crippen LogP contribution in [0.5, 0.6) is 0 Å². The number of non-ortho nitro benzene ring substituents is 1. The molecule has 28 heavy (non-hydrogen) atoms. The maximum atomic E-state index is 12.9. The summed E-state index contributed by atoms with van der Waals surface area (Å²) in [5.41, 5.74) is 1.07. The van der Waals surface area contributed by atoms with Gasteiger partial charge in [0.15, 0.2) is 0 Å². The van der Waals surface area contributed by atoms with Gasteiger partial charge in [0.25, 0.3) is 11.6 Å². The smallest absolute Gasteiger partial charge is 0.269 e. The summed E-state index contributed by atoms with van der Waals surface area (Å²) in [5, 5.41) is 19.5. The van der Waals surface area contributed by atoms with E-state index in [1.807, 2.05) is 0 Å². The molecule has 3 aromatic rings. The molecule has 4 rings (SSSR count). The highest BCUT2D eigenvalue weighted by molar-refractivity contribution is 6.30. The topological polar surface area (TPSA) is 102 Å². The van der Waals surface area contributed by atoms with E-state index in [0.29, 0.717) is 22.4 Å². The zero-order chi connectivity index (χ0) is 19.7. The minimum absolute atomic E-state index is 0.0565. The Morgan fingerprint density at radius 2 is 1.82 bits per heavy atom. The van der Waals surface area contributed by atoms with E-state index in [1.54, 1.807) is 29.2 Å². The second kappa shape index (κ2) is 7.40. The van der Waals surface area contributed by atoms with Gasteiger partial charge in [0.1, 0.15) is 0 Å². The summed E-state index contributed by atoms with van der Waals surface area (Å²) in [6.07, 6.45) is 1.80. The van der Waals surface area contributed by atoms with Gasteiger partial charge in [-0.25, -0.2) is 0 Å². The number of carbonyl (C=O) groups is 1. The molecular weight excluding hydrogens is 384 g/mol. The van der Waals surface area contributed by atoms with E-state index in [1.165, 1.54) is 24.3 Å². The number of hydrogen-bond acceptors (Lipinski definition) is 6. The Morgan fingerprint density at radius 1 is 1.14 bits per heavy atom. The van der Waals surface area contributed by atoms with Crippen molar-refractivity contribution in [1.82, 2.24) is 15.1 Å². The van der Waals surface area contributed by atoms with Gasteiger partial charge in [0, 0.05) is 34.3 Å². The van der Waals surface area contributed by atoms with Crippen molar-refractivity contribution in [2.75, 3.05) is 0 Å². The molecule has 0 bridgehead atoms. The lowest BCUT2D eigenvalue weighted by Gasteiger charge is -2.20. The van der Waals surface area contributed by atoms with Gasteiger partial charge in [-0.3, -0.25) is 14.9 Å². The first-order chi connectivity index (χ1) is 13.5. The Balaban J connectivity index is 1.52. The van der Waals surface area contributed by atoms with E-state index in [2.05, 4.69) is 10.2 Å². The van der Waals surface area contributed by atoms with Crippen LogP contribution in [0.2, 0.25) is 5.02 Å². The molecule has 8 nitrogen and oxygen atoms in total. The first kappa shape index (κ1) is 18.1. The molecule has 0 aliphatic heterocycles. The third-order valence-electron chi connectivity index (χ3n) is 4.44. The van der Waals surface area contributed by atoms with Crippen molar-refractivity contribution in [3.63, 3.8) is 0 Å². The summed E-state index contributed by atoms with van der Waals surface area (Å²) in [5.74, 6) is 0.459. The molecule has 142 valence electrons. The van der Waals surface area contributed by atoms with Crippen LogP contribution in [0.25, 0.3) is 11.5 Å². The van der Waals surface area contributed by atoms with Crippen LogP contribution >= 0.6 is 11.6 Å². The summed E-state index contributed by atoms with van der Waals surface area (Å²) < 4.78 is 5.71. The summed E-state index contributed by atoms with van der Waals surface area (Å²) in [7, 11) is 0. The van der Waals surface area contributed by atoms with Gasteiger partial charge in [0.2, 0.25) is 11.8 Å². The number of halogens is 1. The molecule has 1 aliphatic carbocycles. The van der Waals surface area contributed by atoms with Crippen molar-refractivity contribution in [3.8, 4) is 11.5 Å². The van der Waals surface area contributed by atoms with Crippen molar-refractivity contribution in [1.29, 1.82) is 0 Å². The number of benzene rings is 2. The monoisotopic (exact) mass is 398 g/mol. The molecule has 0 atom stereocenters. The van der Waals surface area contributed by atoms with E-state index < -0.39 is 4.92 Å². The molecule has 1 fully saturated rings. The summed E-state index contributed by atoms with van der Waals surface area (Å²) >= 11 is 5.89. The van der Waals surface area contributed by atoms with Gasteiger partial charge < -0.3 is 9.32 Å². The average molecular weight is 399 g/mol. The maximum absolute atomic E-state index is 12.9. The second-order valence-electron chi connectivity index (χ2n) is 6.48.